The minimum atomic E-state index is 0. The Hall–Kier alpha value is -1.70. The highest BCUT2D eigenvalue weighted by atomic mass is 127. The fourth-order valence-corrected chi connectivity index (χ4v) is 1.77. The largest absolute Gasteiger partial charge is 0.351 e. The van der Waals surface area contributed by atoms with E-state index in [1.165, 1.54) is 5.56 Å². The zero-order chi connectivity index (χ0) is 14.2. The Morgan fingerprint density at radius 3 is 2.48 bits per heavy atom. The maximum Gasteiger partial charge on any atom is 0.191 e. The summed E-state index contributed by atoms with van der Waals surface area (Å²) in [6.45, 7) is 3.34. The van der Waals surface area contributed by atoms with Crippen LogP contribution in [0.5, 0.6) is 0 Å². The van der Waals surface area contributed by atoms with E-state index in [9.17, 15) is 0 Å². The van der Waals surface area contributed by atoms with E-state index in [0.29, 0.717) is 13.1 Å². The number of nitrogens with zero attached hydrogens (tertiary/aromatic N) is 3. The minimum absolute atomic E-state index is 0. The Bertz CT molecular complexity index is 571. The average Bonchev–Trinajstić information content (AvgIpc) is 2.50. The molecule has 0 amide bonds. The second-order valence-corrected chi connectivity index (χ2v) is 4.37. The van der Waals surface area contributed by atoms with E-state index in [1.807, 2.05) is 37.3 Å². The van der Waals surface area contributed by atoms with Crippen molar-refractivity contribution in [2.45, 2.75) is 20.0 Å². The normalized spacial score (nSPS) is 10.7. The highest BCUT2D eigenvalue weighted by Gasteiger charge is 2.02. The molecule has 0 aliphatic carbocycles. The SMILES string of the molecule is CN=C(NCc1ccccn1)NCc1ncccc1C.I. The molecule has 0 atom stereocenters. The molecule has 0 fully saturated rings. The van der Waals surface area contributed by atoms with Crippen LogP contribution >= 0.6 is 24.0 Å². The fraction of sp³-hybridized carbons (Fsp3) is 0.267. The molecule has 0 unspecified atom stereocenters. The van der Waals surface area contributed by atoms with E-state index < -0.39 is 0 Å². The molecule has 0 spiro atoms. The zero-order valence-electron chi connectivity index (χ0n) is 12.2. The van der Waals surface area contributed by atoms with Gasteiger partial charge in [0.25, 0.3) is 0 Å². The molecule has 0 aliphatic heterocycles. The van der Waals surface area contributed by atoms with Gasteiger partial charge in [-0.3, -0.25) is 15.0 Å². The number of hydrogen-bond acceptors (Lipinski definition) is 3. The second kappa shape index (κ2) is 9.28. The van der Waals surface area contributed by atoms with Gasteiger partial charge in [-0.1, -0.05) is 12.1 Å². The Morgan fingerprint density at radius 2 is 1.81 bits per heavy atom. The predicted molar refractivity (Wildman–Crippen MR) is 95.7 cm³/mol. The van der Waals surface area contributed by atoms with Crippen molar-refractivity contribution in [2.75, 3.05) is 7.05 Å². The van der Waals surface area contributed by atoms with E-state index >= 15 is 0 Å². The third kappa shape index (κ3) is 5.66. The van der Waals surface area contributed by atoms with E-state index in [1.54, 1.807) is 19.4 Å². The molecule has 0 saturated heterocycles. The van der Waals surface area contributed by atoms with Crippen molar-refractivity contribution >= 4 is 29.9 Å². The lowest BCUT2D eigenvalue weighted by Gasteiger charge is -2.12. The van der Waals surface area contributed by atoms with Gasteiger partial charge in [0, 0.05) is 19.4 Å². The lowest BCUT2D eigenvalue weighted by molar-refractivity contribution is 0.779. The van der Waals surface area contributed by atoms with Gasteiger partial charge in [0.2, 0.25) is 0 Å². The van der Waals surface area contributed by atoms with Gasteiger partial charge in [-0.05, 0) is 30.7 Å². The predicted octanol–water partition coefficient (Wildman–Crippen LogP) is 2.27. The van der Waals surface area contributed by atoms with Crippen molar-refractivity contribution < 1.29 is 0 Å². The first-order valence-electron chi connectivity index (χ1n) is 6.54. The molecule has 112 valence electrons. The van der Waals surface area contributed by atoms with E-state index in [0.717, 1.165) is 17.3 Å². The number of nitrogens with one attached hydrogen (secondary N) is 2. The number of halogens is 1. The summed E-state index contributed by atoms with van der Waals surface area (Å²) in [6, 6.07) is 9.84. The molecular weight excluding hydrogens is 377 g/mol. The minimum Gasteiger partial charge on any atom is -0.351 e. The molecule has 2 aromatic heterocycles. The Balaban J connectivity index is 0.00000220. The van der Waals surface area contributed by atoms with E-state index in [-0.39, 0.29) is 24.0 Å². The lowest BCUT2D eigenvalue weighted by Crippen LogP contribution is -2.36. The third-order valence-corrected chi connectivity index (χ3v) is 2.93. The molecule has 2 aromatic rings. The molecule has 6 heteroatoms. The molecule has 2 heterocycles. The zero-order valence-corrected chi connectivity index (χ0v) is 14.5. The van der Waals surface area contributed by atoms with Crippen LogP contribution in [0.3, 0.4) is 0 Å². The van der Waals surface area contributed by atoms with Crippen LogP contribution in [0.2, 0.25) is 0 Å². The number of guanidine groups is 1. The summed E-state index contributed by atoms with van der Waals surface area (Å²) < 4.78 is 0. The molecule has 0 aliphatic rings. The van der Waals surface area contributed by atoms with Crippen molar-refractivity contribution in [3.05, 3.63) is 59.7 Å². The smallest absolute Gasteiger partial charge is 0.191 e. The summed E-state index contributed by atoms with van der Waals surface area (Å²) in [5.41, 5.74) is 3.16. The number of aryl methyl sites for hydroxylation is 1. The third-order valence-electron chi connectivity index (χ3n) is 2.93. The van der Waals surface area contributed by atoms with Gasteiger partial charge in [0.15, 0.2) is 5.96 Å². The van der Waals surface area contributed by atoms with Gasteiger partial charge in [0.05, 0.1) is 24.5 Å². The number of hydrogen-bond donors (Lipinski definition) is 2. The van der Waals surface area contributed by atoms with Crippen molar-refractivity contribution in [1.82, 2.24) is 20.6 Å². The molecule has 2 rings (SSSR count). The molecule has 2 N–H and O–H groups in total. The number of rotatable bonds is 4. The van der Waals surface area contributed by atoms with Crippen LogP contribution in [0.25, 0.3) is 0 Å². The van der Waals surface area contributed by atoms with Crippen molar-refractivity contribution in [3.63, 3.8) is 0 Å². The van der Waals surface area contributed by atoms with Crippen LogP contribution in [0.1, 0.15) is 17.0 Å². The van der Waals surface area contributed by atoms with Crippen molar-refractivity contribution in [3.8, 4) is 0 Å². The van der Waals surface area contributed by atoms with Gasteiger partial charge < -0.3 is 10.6 Å². The first-order chi connectivity index (χ1) is 9.79. The second-order valence-electron chi connectivity index (χ2n) is 4.37. The molecule has 5 nitrogen and oxygen atoms in total. The topological polar surface area (TPSA) is 62.2 Å². The molecule has 0 bridgehead atoms. The van der Waals surface area contributed by atoms with Gasteiger partial charge in [-0.2, -0.15) is 0 Å². The molecule has 0 aromatic carbocycles. The van der Waals surface area contributed by atoms with Crippen LogP contribution in [-0.2, 0) is 13.1 Å². The van der Waals surface area contributed by atoms with E-state index in [2.05, 4.69) is 25.6 Å². The van der Waals surface area contributed by atoms with Crippen LogP contribution in [0.15, 0.2) is 47.7 Å². The molecule has 0 saturated carbocycles. The summed E-state index contributed by atoms with van der Waals surface area (Å²) >= 11 is 0. The Labute approximate surface area is 142 Å². The maximum atomic E-state index is 4.35. The average molecular weight is 397 g/mol. The summed E-state index contributed by atoms with van der Waals surface area (Å²) in [6.07, 6.45) is 3.58. The highest BCUT2D eigenvalue weighted by Crippen LogP contribution is 2.02. The van der Waals surface area contributed by atoms with Crippen LogP contribution < -0.4 is 10.6 Å². The summed E-state index contributed by atoms with van der Waals surface area (Å²) in [5.74, 6) is 0.737. The number of pyridine rings is 2. The van der Waals surface area contributed by atoms with Gasteiger partial charge in [-0.25, -0.2) is 0 Å². The quantitative estimate of drug-likeness (QED) is 0.472. The molecule has 0 radical (unpaired) electrons. The number of aliphatic imine (C=N–C) groups is 1. The monoisotopic (exact) mass is 397 g/mol. The van der Waals surface area contributed by atoms with Crippen molar-refractivity contribution in [2.24, 2.45) is 4.99 Å². The standard InChI is InChI=1S/C15H19N5.HI/c1-12-6-5-9-18-14(12)11-20-15(16-2)19-10-13-7-3-4-8-17-13;/h3-9H,10-11H2,1-2H3,(H2,16,19,20);1H. The molecular formula is C15H20IN5. The Kier molecular flexibility index (Phi) is 7.66. The van der Waals surface area contributed by atoms with Gasteiger partial charge in [-0.15, -0.1) is 24.0 Å². The first kappa shape index (κ1) is 17.4. The fourth-order valence-electron chi connectivity index (χ4n) is 1.77. The van der Waals surface area contributed by atoms with Gasteiger partial charge >= 0.3 is 0 Å². The van der Waals surface area contributed by atoms with Crippen LogP contribution in [-0.4, -0.2) is 23.0 Å². The first-order valence-corrected chi connectivity index (χ1v) is 6.54. The maximum absolute atomic E-state index is 4.35. The summed E-state index contributed by atoms with van der Waals surface area (Å²) in [7, 11) is 1.75. The van der Waals surface area contributed by atoms with Crippen LogP contribution in [0, 0.1) is 6.92 Å². The van der Waals surface area contributed by atoms with Crippen molar-refractivity contribution in [1.29, 1.82) is 0 Å². The highest BCUT2D eigenvalue weighted by molar-refractivity contribution is 14.0. The molecule has 21 heavy (non-hydrogen) atoms. The summed E-state index contributed by atoms with van der Waals surface area (Å²) in [5, 5.41) is 6.47. The number of aromatic nitrogens is 2. The van der Waals surface area contributed by atoms with Gasteiger partial charge in [0.1, 0.15) is 0 Å². The summed E-state index contributed by atoms with van der Waals surface area (Å²) in [4.78, 5) is 12.8. The lowest BCUT2D eigenvalue weighted by atomic mass is 10.2. The van der Waals surface area contributed by atoms with E-state index in [4.69, 9.17) is 0 Å². The Morgan fingerprint density at radius 1 is 1.05 bits per heavy atom. The van der Waals surface area contributed by atoms with Crippen LogP contribution in [0.4, 0.5) is 0 Å².